The first kappa shape index (κ1) is 18.6. The molecule has 1 aliphatic rings. The highest BCUT2D eigenvalue weighted by atomic mass is 79.9. The zero-order valence-electron chi connectivity index (χ0n) is 14.4. The molecule has 1 fully saturated rings. The largest absolute Gasteiger partial charge is 0.388 e. The molecule has 1 saturated heterocycles. The van der Waals surface area contributed by atoms with Gasteiger partial charge >= 0.3 is 0 Å². The zero-order chi connectivity index (χ0) is 17.5. The fraction of sp³-hybridized carbons (Fsp3) is 0.429. The molecule has 3 nitrogen and oxygen atoms in total. The Balaban J connectivity index is 1.53. The highest BCUT2D eigenvalue weighted by Gasteiger charge is 2.15. The lowest BCUT2D eigenvalue weighted by atomic mass is 10.00. The van der Waals surface area contributed by atoms with Crippen molar-refractivity contribution >= 4 is 15.9 Å². The van der Waals surface area contributed by atoms with Gasteiger partial charge in [0.05, 0.1) is 12.7 Å². The summed E-state index contributed by atoms with van der Waals surface area (Å²) >= 11 is 3.56. The van der Waals surface area contributed by atoms with E-state index in [1.807, 2.05) is 42.5 Å². The molecule has 2 aromatic rings. The fourth-order valence-electron chi connectivity index (χ4n) is 3.08. The van der Waals surface area contributed by atoms with E-state index >= 15 is 0 Å². The van der Waals surface area contributed by atoms with Gasteiger partial charge in [0.15, 0.2) is 6.29 Å². The van der Waals surface area contributed by atoms with E-state index in [2.05, 4.69) is 22.0 Å². The first-order valence-corrected chi connectivity index (χ1v) is 9.75. The Morgan fingerprint density at radius 2 is 2.04 bits per heavy atom. The third kappa shape index (κ3) is 5.65. The van der Waals surface area contributed by atoms with E-state index in [0.29, 0.717) is 13.0 Å². The Morgan fingerprint density at radius 3 is 2.84 bits per heavy atom. The van der Waals surface area contributed by atoms with Crippen molar-refractivity contribution in [2.75, 3.05) is 6.61 Å². The first-order chi connectivity index (χ1) is 12.2. The van der Waals surface area contributed by atoms with Crippen molar-refractivity contribution in [3.05, 3.63) is 69.7 Å². The minimum Gasteiger partial charge on any atom is -0.388 e. The number of rotatable bonds is 7. The number of ether oxygens (including phenoxy) is 2. The molecule has 3 rings (SSSR count). The van der Waals surface area contributed by atoms with Gasteiger partial charge in [-0.25, -0.2) is 0 Å². The molecule has 25 heavy (non-hydrogen) atoms. The van der Waals surface area contributed by atoms with Crippen LogP contribution in [0.2, 0.25) is 0 Å². The highest BCUT2D eigenvalue weighted by molar-refractivity contribution is 9.10. The maximum atomic E-state index is 10.5. The summed E-state index contributed by atoms with van der Waals surface area (Å²) in [5, 5.41) is 10.5. The summed E-state index contributed by atoms with van der Waals surface area (Å²) in [5.74, 6) is 0. The molecule has 1 aliphatic heterocycles. The second-order valence-corrected chi connectivity index (χ2v) is 7.35. The van der Waals surface area contributed by atoms with Crippen molar-refractivity contribution < 1.29 is 14.6 Å². The smallest absolute Gasteiger partial charge is 0.158 e. The molecule has 0 radical (unpaired) electrons. The van der Waals surface area contributed by atoms with Gasteiger partial charge in [-0.3, -0.25) is 0 Å². The van der Waals surface area contributed by atoms with E-state index in [1.54, 1.807) is 0 Å². The van der Waals surface area contributed by atoms with Crippen molar-refractivity contribution in [3.8, 4) is 0 Å². The van der Waals surface area contributed by atoms with Crippen LogP contribution in [0.5, 0.6) is 0 Å². The summed E-state index contributed by atoms with van der Waals surface area (Å²) in [6.45, 7) is 1.31. The number of aryl methyl sites for hydroxylation is 1. The van der Waals surface area contributed by atoms with Crippen LogP contribution in [-0.4, -0.2) is 18.0 Å². The van der Waals surface area contributed by atoms with E-state index < -0.39 is 6.10 Å². The van der Waals surface area contributed by atoms with E-state index in [1.165, 1.54) is 12.0 Å². The van der Waals surface area contributed by atoms with Gasteiger partial charge in [-0.1, -0.05) is 58.4 Å². The van der Waals surface area contributed by atoms with Crippen LogP contribution in [0.3, 0.4) is 0 Å². The maximum absolute atomic E-state index is 10.5. The lowest BCUT2D eigenvalue weighted by Crippen LogP contribution is -2.22. The minimum absolute atomic E-state index is 0.0854. The standard InChI is InChI=1S/C21H25BrO3/c22-19-9-2-1-7-17(19)11-12-20(23)18-8-5-6-16(14-18)15-25-21-10-3-4-13-24-21/h1-2,5-9,14,20-21,23H,3-4,10-13,15H2/t20-,21?/m1/s1. The van der Waals surface area contributed by atoms with E-state index in [4.69, 9.17) is 9.47 Å². The van der Waals surface area contributed by atoms with Crippen LogP contribution in [0.1, 0.15) is 48.5 Å². The molecule has 2 atom stereocenters. The maximum Gasteiger partial charge on any atom is 0.158 e. The third-order valence-corrected chi connectivity index (χ3v) is 5.33. The Hall–Kier alpha value is -1.20. The Labute approximate surface area is 158 Å². The quantitative estimate of drug-likeness (QED) is 0.692. The second kappa shape index (κ2) is 9.48. The Bertz CT molecular complexity index is 668. The Morgan fingerprint density at radius 1 is 1.16 bits per heavy atom. The van der Waals surface area contributed by atoms with E-state index in [9.17, 15) is 5.11 Å². The summed E-state index contributed by atoms with van der Waals surface area (Å²) in [4.78, 5) is 0. The predicted octanol–water partition coefficient (Wildman–Crippen LogP) is 5.16. The van der Waals surface area contributed by atoms with Crippen molar-refractivity contribution in [1.29, 1.82) is 0 Å². The molecular formula is C21H25BrO3. The van der Waals surface area contributed by atoms with E-state index in [0.717, 1.165) is 41.5 Å². The first-order valence-electron chi connectivity index (χ1n) is 8.96. The Kier molecular flexibility index (Phi) is 7.05. The van der Waals surface area contributed by atoms with Gasteiger partial charge in [-0.15, -0.1) is 0 Å². The lowest BCUT2D eigenvalue weighted by molar-refractivity contribution is -0.168. The molecule has 0 amide bonds. The molecule has 0 aromatic heterocycles. The summed E-state index contributed by atoms with van der Waals surface area (Å²) in [6.07, 6.45) is 4.22. The molecule has 0 aliphatic carbocycles. The third-order valence-electron chi connectivity index (χ3n) is 4.55. The molecule has 0 saturated carbocycles. The minimum atomic E-state index is -0.474. The van der Waals surface area contributed by atoms with Gasteiger partial charge in [0, 0.05) is 11.1 Å². The second-order valence-electron chi connectivity index (χ2n) is 6.50. The molecular weight excluding hydrogens is 380 g/mol. The van der Waals surface area contributed by atoms with Crippen LogP contribution in [0, 0.1) is 0 Å². The lowest BCUT2D eigenvalue weighted by Gasteiger charge is -2.23. The van der Waals surface area contributed by atoms with Crippen LogP contribution < -0.4 is 0 Å². The van der Waals surface area contributed by atoms with Crippen molar-refractivity contribution in [2.24, 2.45) is 0 Å². The van der Waals surface area contributed by atoms with Crippen LogP contribution >= 0.6 is 15.9 Å². The molecule has 1 unspecified atom stereocenters. The van der Waals surface area contributed by atoms with Crippen LogP contribution in [0.4, 0.5) is 0 Å². The monoisotopic (exact) mass is 404 g/mol. The van der Waals surface area contributed by atoms with E-state index in [-0.39, 0.29) is 6.29 Å². The van der Waals surface area contributed by atoms with Crippen molar-refractivity contribution in [1.82, 2.24) is 0 Å². The topological polar surface area (TPSA) is 38.7 Å². The van der Waals surface area contributed by atoms with Crippen LogP contribution in [0.25, 0.3) is 0 Å². The van der Waals surface area contributed by atoms with Crippen molar-refractivity contribution in [3.63, 3.8) is 0 Å². The number of hydrogen-bond acceptors (Lipinski definition) is 3. The highest BCUT2D eigenvalue weighted by Crippen LogP contribution is 2.24. The van der Waals surface area contributed by atoms with Gasteiger partial charge in [-0.2, -0.15) is 0 Å². The fourth-order valence-corrected chi connectivity index (χ4v) is 3.57. The number of halogens is 1. The summed E-state index contributed by atoms with van der Waals surface area (Å²) in [7, 11) is 0. The number of hydrogen-bond donors (Lipinski definition) is 1. The average Bonchev–Trinajstić information content (AvgIpc) is 2.66. The summed E-state index contributed by atoms with van der Waals surface area (Å²) in [5.41, 5.74) is 3.24. The number of benzene rings is 2. The van der Waals surface area contributed by atoms with Crippen LogP contribution in [0.15, 0.2) is 53.0 Å². The van der Waals surface area contributed by atoms with Gasteiger partial charge in [-0.05, 0) is 54.9 Å². The summed E-state index contributed by atoms with van der Waals surface area (Å²) < 4.78 is 12.5. The molecule has 1 heterocycles. The predicted molar refractivity (Wildman–Crippen MR) is 102 cm³/mol. The van der Waals surface area contributed by atoms with Crippen LogP contribution in [-0.2, 0) is 22.5 Å². The molecule has 134 valence electrons. The van der Waals surface area contributed by atoms with Gasteiger partial charge in [0.1, 0.15) is 0 Å². The number of aliphatic hydroxyl groups excluding tert-OH is 1. The van der Waals surface area contributed by atoms with Crippen molar-refractivity contribution in [2.45, 2.75) is 51.1 Å². The average molecular weight is 405 g/mol. The van der Waals surface area contributed by atoms with Gasteiger partial charge in [0.2, 0.25) is 0 Å². The normalized spacial score (nSPS) is 18.9. The molecule has 4 heteroatoms. The molecule has 1 N–H and O–H groups in total. The number of aliphatic hydroxyl groups is 1. The molecule has 2 aromatic carbocycles. The van der Waals surface area contributed by atoms with Gasteiger partial charge < -0.3 is 14.6 Å². The molecule has 0 bridgehead atoms. The summed E-state index contributed by atoms with van der Waals surface area (Å²) in [6, 6.07) is 16.2. The van der Waals surface area contributed by atoms with Gasteiger partial charge in [0.25, 0.3) is 0 Å². The SMILES string of the molecule is O[C@H](CCc1ccccc1Br)c1cccc(COC2CCCCO2)c1. The molecule has 0 spiro atoms. The zero-order valence-corrected chi connectivity index (χ0v) is 16.0.